The van der Waals surface area contributed by atoms with Gasteiger partial charge in [-0.2, -0.15) is 13.2 Å². The fourth-order valence-corrected chi connectivity index (χ4v) is 2.09. The molecule has 0 saturated heterocycles. The Labute approximate surface area is 113 Å². The molecule has 0 saturated carbocycles. The number of hydrogen-bond acceptors (Lipinski definition) is 4. The summed E-state index contributed by atoms with van der Waals surface area (Å²) < 4.78 is 42.0. The standard InChI is InChI=1S/C10H6BrF3N2OS/c11-7-3-1-6(2-4-7)5-18-9-16-15-8(17-9)10(12,13)14/h1-4H,5H2. The Hall–Kier alpha value is -1.02. The van der Waals surface area contributed by atoms with Gasteiger partial charge in [0, 0.05) is 10.2 Å². The van der Waals surface area contributed by atoms with Gasteiger partial charge in [-0.3, -0.25) is 0 Å². The molecule has 96 valence electrons. The molecule has 1 aromatic carbocycles. The van der Waals surface area contributed by atoms with Crippen LogP contribution in [0.1, 0.15) is 11.5 Å². The number of aromatic nitrogens is 2. The molecular formula is C10H6BrF3N2OS. The fraction of sp³-hybridized carbons (Fsp3) is 0.200. The molecule has 3 nitrogen and oxygen atoms in total. The maximum Gasteiger partial charge on any atom is 0.470 e. The summed E-state index contributed by atoms with van der Waals surface area (Å²) in [5, 5.41) is 6.18. The number of benzene rings is 1. The van der Waals surface area contributed by atoms with Crippen LogP contribution < -0.4 is 0 Å². The molecule has 0 radical (unpaired) electrons. The second kappa shape index (κ2) is 5.31. The van der Waals surface area contributed by atoms with E-state index in [0.717, 1.165) is 21.8 Å². The summed E-state index contributed by atoms with van der Waals surface area (Å²) in [5.41, 5.74) is 0.954. The van der Waals surface area contributed by atoms with Crippen LogP contribution in [0.5, 0.6) is 0 Å². The Kier molecular flexibility index (Phi) is 3.96. The monoisotopic (exact) mass is 338 g/mol. The first-order valence-corrected chi connectivity index (χ1v) is 6.51. The van der Waals surface area contributed by atoms with Crippen molar-refractivity contribution >= 4 is 27.7 Å². The molecule has 0 aliphatic heterocycles. The molecule has 1 aromatic heterocycles. The normalized spacial score (nSPS) is 11.8. The van der Waals surface area contributed by atoms with Crippen molar-refractivity contribution in [2.45, 2.75) is 17.2 Å². The van der Waals surface area contributed by atoms with Gasteiger partial charge in [0.15, 0.2) is 0 Å². The largest absolute Gasteiger partial charge is 0.470 e. The third-order valence-corrected chi connectivity index (χ3v) is 3.34. The molecule has 0 N–H and O–H groups in total. The van der Waals surface area contributed by atoms with Crippen LogP contribution in [-0.2, 0) is 11.9 Å². The first-order valence-electron chi connectivity index (χ1n) is 4.73. The SMILES string of the molecule is FC(F)(F)c1nnc(SCc2ccc(Br)cc2)o1. The van der Waals surface area contributed by atoms with Gasteiger partial charge in [0.1, 0.15) is 0 Å². The van der Waals surface area contributed by atoms with E-state index in [1.165, 1.54) is 0 Å². The van der Waals surface area contributed by atoms with Crippen molar-refractivity contribution in [2.75, 3.05) is 0 Å². The highest BCUT2D eigenvalue weighted by atomic mass is 79.9. The average Bonchev–Trinajstić information content (AvgIpc) is 2.77. The molecule has 0 atom stereocenters. The van der Waals surface area contributed by atoms with Gasteiger partial charge in [-0.1, -0.05) is 39.8 Å². The Bertz CT molecular complexity index is 527. The highest BCUT2D eigenvalue weighted by molar-refractivity contribution is 9.10. The number of hydrogen-bond donors (Lipinski definition) is 0. The van der Waals surface area contributed by atoms with Crippen LogP contribution in [0.15, 0.2) is 38.4 Å². The van der Waals surface area contributed by atoms with Crippen molar-refractivity contribution in [3.63, 3.8) is 0 Å². The quantitative estimate of drug-likeness (QED) is 0.788. The van der Waals surface area contributed by atoms with Crippen molar-refractivity contribution in [2.24, 2.45) is 0 Å². The minimum absolute atomic E-state index is 0.0924. The Balaban J connectivity index is 1.98. The summed E-state index contributed by atoms with van der Waals surface area (Å²) in [6.45, 7) is 0. The van der Waals surface area contributed by atoms with Crippen LogP contribution in [-0.4, -0.2) is 10.2 Å². The smallest absolute Gasteiger partial charge is 0.408 e. The van der Waals surface area contributed by atoms with Gasteiger partial charge in [0.2, 0.25) is 0 Å². The lowest BCUT2D eigenvalue weighted by Gasteiger charge is -1.99. The maximum atomic E-state index is 12.2. The van der Waals surface area contributed by atoms with E-state index in [9.17, 15) is 13.2 Å². The molecule has 2 rings (SSSR count). The third-order valence-electron chi connectivity index (χ3n) is 1.92. The van der Waals surface area contributed by atoms with Gasteiger partial charge >= 0.3 is 12.1 Å². The highest BCUT2D eigenvalue weighted by Crippen LogP contribution is 2.30. The summed E-state index contributed by atoms with van der Waals surface area (Å²) >= 11 is 4.35. The van der Waals surface area contributed by atoms with Crippen LogP contribution in [0.2, 0.25) is 0 Å². The molecule has 0 unspecified atom stereocenters. The van der Waals surface area contributed by atoms with E-state index in [-0.39, 0.29) is 5.22 Å². The number of alkyl halides is 3. The van der Waals surface area contributed by atoms with E-state index in [1.807, 2.05) is 24.3 Å². The van der Waals surface area contributed by atoms with Crippen molar-refractivity contribution in [3.05, 3.63) is 40.2 Å². The zero-order chi connectivity index (χ0) is 13.2. The summed E-state index contributed by atoms with van der Waals surface area (Å²) in [6.07, 6.45) is -4.59. The number of rotatable bonds is 3. The Morgan fingerprint density at radius 1 is 1.17 bits per heavy atom. The van der Waals surface area contributed by atoms with E-state index in [4.69, 9.17) is 0 Å². The van der Waals surface area contributed by atoms with Crippen molar-refractivity contribution in [3.8, 4) is 0 Å². The van der Waals surface area contributed by atoms with Gasteiger partial charge in [-0.15, -0.1) is 10.2 Å². The van der Waals surface area contributed by atoms with Crippen LogP contribution in [0.25, 0.3) is 0 Å². The van der Waals surface area contributed by atoms with Crippen LogP contribution in [0.4, 0.5) is 13.2 Å². The predicted molar refractivity (Wildman–Crippen MR) is 63.0 cm³/mol. The zero-order valence-corrected chi connectivity index (χ0v) is 11.1. The van der Waals surface area contributed by atoms with Crippen LogP contribution in [0, 0.1) is 0 Å². The van der Waals surface area contributed by atoms with Gasteiger partial charge in [-0.05, 0) is 17.7 Å². The van der Waals surface area contributed by atoms with Gasteiger partial charge in [0.25, 0.3) is 5.22 Å². The van der Waals surface area contributed by atoms with Gasteiger partial charge in [-0.25, -0.2) is 0 Å². The van der Waals surface area contributed by atoms with E-state index in [2.05, 4.69) is 30.5 Å². The summed E-state index contributed by atoms with van der Waals surface area (Å²) in [7, 11) is 0. The lowest BCUT2D eigenvalue weighted by molar-refractivity contribution is -0.158. The molecule has 8 heteroatoms. The van der Waals surface area contributed by atoms with E-state index in [1.54, 1.807) is 0 Å². The average molecular weight is 339 g/mol. The second-order valence-electron chi connectivity index (χ2n) is 3.29. The van der Waals surface area contributed by atoms with E-state index in [0.29, 0.717) is 5.75 Å². The number of halogens is 4. The minimum atomic E-state index is -4.59. The molecular weight excluding hydrogens is 333 g/mol. The molecule has 0 spiro atoms. The van der Waals surface area contributed by atoms with Crippen LogP contribution in [0.3, 0.4) is 0 Å². The first kappa shape index (κ1) is 13.4. The molecule has 18 heavy (non-hydrogen) atoms. The zero-order valence-electron chi connectivity index (χ0n) is 8.74. The Morgan fingerprint density at radius 3 is 2.39 bits per heavy atom. The molecule has 2 aromatic rings. The Morgan fingerprint density at radius 2 is 1.83 bits per heavy atom. The van der Waals surface area contributed by atoms with Gasteiger partial charge < -0.3 is 4.42 Å². The molecule has 0 amide bonds. The fourth-order valence-electron chi connectivity index (χ4n) is 1.11. The molecule has 0 aliphatic carbocycles. The molecule has 0 fully saturated rings. The van der Waals surface area contributed by atoms with Crippen LogP contribution >= 0.6 is 27.7 Å². The summed E-state index contributed by atoms with van der Waals surface area (Å²) in [4.78, 5) is 0. The first-order chi connectivity index (χ1) is 8.45. The maximum absolute atomic E-state index is 12.2. The predicted octanol–water partition coefficient (Wildman–Crippen LogP) is 4.14. The summed E-state index contributed by atoms with van der Waals surface area (Å²) in [6, 6.07) is 7.42. The van der Waals surface area contributed by atoms with Gasteiger partial charge in [0.05, 0.1) is 0 Å². The highest BCUT2D eigenvalue weighted by Gasteiger charge is 2.38. The lowest BCUT2D eigenvalue weighted by Crippen LogP contribution is -2.04. The molecule has 1 heterocycles. The van der Waals surface area contributed by atoms with E-state index < -0.39 is 12.1 Å². The lowest BCUT2D eigenvalue weighted by atomic mass is 10.2. The van der Waals surface area contributed by atoms with Crippen molar-refractivity contribution in [1.29, 1.82) is 0 Å². The molecule has 0 aliphatic rings. The second-order valence-corrected chi connectivity index (χ2v) is 5.13. The topological polar surface area (TPSA) is 38.9 Å². The third kappa shape index (κ3) is 3.49. The molecule has 0 bridgehead atoms. The van der Waals surface area contributed by atoms with E-state index >= 15 is 0 Å². The summed E-state index contributed by atoms with van der Waals surface area (Å²) in [5.74, 6) is -0.854. The number of nitrogens with zero attached hydrogens (tertiary/aromatic N) is 2. The minimum Gasteiger partial charge on any atom is -0.408 e. The van der Waals surface area contributed by atoms with Crippen molar-refractivity contribution < 1.29 is 17.6 Å². The number of thioether (sulfide) groups is 1. The van der Waals surface area contributed by atoms with Crippen molar-refractivity contribution in [1.82, 2.24) is 10.2 Å².